The summed E-state index contributed by atoms with van der Waals surface area (Å²) in [6, 6.07) is 12.7. The quantitative estimate of drug-likeness (QED) is 0.439. The van der Waals surface area contributed by atoms with Gasteiger partial charge in [0.05, 0.1) is 0 Å². The van der Waals surface area contributed by atoms with E-state index < -0.39 is 5.76 Å². The molecule has 0 spiro atoms. The van der Waals surface area contributed by atoms with Gasteiger partial charge in [-0.25, -0.2) is 9.20 Å². The smallest absolute Gasteiger partial charge is 0.407 e. The van der Waals surface area contributed by atoms with Crippen LogP contribution in [0.25, 0.3) is 27.3 Å². The topological polar surface area (TPSA) is 51.7 Å². The lowest BCUT2D eigenvalue weighted by molar-refractivity contribution is 0.543. The van der Waals surface area contributed by atoms with Gasteiger partial charge >= 0.3 is 5.76 Å². The molecule has 4 aromatic rings. The van der Waals surface area contributed by atoms with Crippen LogP contribution in [0.1, 0.15) is 0 Å². The molecule has 0 unspecified atom stereocenters. The second kappa shape index (κ2) is 2.98. The van der Waals surface area contributed by atoms with Crippen molar-refractivity contribution in [3.05, 3.63) is 63.4 Å². The number of nitrogens with zero attached hydrogens (tertiary/aromatic N) is 1. The fourth-order valence-electron chi connectivity index (χ4n) is 2.49. The van der Waals surface area contributed by atoms with Crippen molar-refractivity contribution in [3.8, 4) is 0 Å². The number of pyridine rings is 1. The molecule has 0 amide bonds. The lowest BCUT2D eigenvalue weighted by atomic mass is 10.1. The highest BCUT2D eigenvalue weighted by Gasteiger charge is 2.15. The number of benzene rings is 2. The van der Waals surface area contributed by atoms with E-state index in [1.807, 2.05) is 24.3 Å². The van der Waals surface area contributed by atoms with Crippen LogP contribution in [0.4, 0.5) is 0 Å². The molecule has 18 heavy (non-hydrogen) atoms. The number of hydrogen-bond acceptors (Lipinski definition) is 3. The third-order valence-electron chi connectivity index (χ3n) is 3.25. The first-order valence-electron chi connectivity index (χ1n) is 5.56. The average Bonchev–Trinajstić information content (AvgIpc) is 2.73. The molecule has 2 heterocycles. The summed E-state index contributed by atoms with van der Waals surface area (Å²) >= 11 is 0. The third kappa shape index (κ3) is 0.953. The van der Waals surface area contributed by atoms with Crippen molar-refractivity contribution < 1.29 is 4.42 Å². The Balaban J connectivity index is 2.59. The number of hydrogen-bond donors (Lipinski definition) is 0. The normalized spacial score (nSPS) is 11.8. The van der Waals surface area contributed by atoms with Gasteiger partial charge in [-0.2, -0.15) is 0 Å². The summed E-state index contributed by atoms with van der Waals surface area (Å²) in [7, 11) is 0. The molecule has 0 atom stereocenters. The van der Waals surface area contributed by atoms with Crippen LogP contribution in [-0.2, 0) is 0 Å². The van der Waals surface area contributed by atoms with E-state index in [1.165, 1.54) is 0 Å². The summed E-state index contributed by atoms with van der Waals surface area (Å²) in [4.78, 5) is 24.0. The van der Waals surface area contributed by atoms with Crippen molar-refractivity contribution in [1.82, 2.24) is 4.40 Å². The van der Waals surface area contributed by atoms with E-state index in [0.29, 0.717) is 16.5 Å². The maximum absolute atomic E-state index is 12.3. The maximum atomic E-state index is 12.3. The highest BCUT2D eigenvalue weighted by Crippen LogP contribution is 2.25. The van der Waals surface area contributed by atoms with E-state index in [1.54, 1.807) is 18.2 Å². The van der Waals surface area contributed by atoms with Gasteiger partial charge in [-0.3, -0.25) is 4.79 Å². The Bertz CT molecular complexity index is 1010. The molecule has 0 fully saturated rings. The third-order valence-corrected chi connectivity index (χ3v) is 3.25. The zero-order valence-corrected chi connectivity index (χ0v) is 9.21. The van der Waals surface area contributed by atoms with Gasteiger partial charge < -0.3 is 4.42 Å². The minimum Gasteiger partial charge on any atom is -0.407 e. The predicted molar refractivity (Wildman–Crippen MR) is 68.4 cm³/mol. The summed E-state index contributed by atoms with van der Waals surface area (Å²) in [5, 5.41) is 2.23. The first-order valence-corrected chi connectivity index (χ1v) is 5.56. The lowest BCUT2D eigenvalue weighted by Crippen LogP contribution is -2.22. The molecule has 0 aliphatic carbocycles. The van der Waals surface area contributed by atoms with Crippen molar-refractivity contribution in [1.29, 1.82) is 0 Å². The second-order valence-electron chi connectivity index (χ2n) is 4.21. The van der Waals surface area contributed by atoms with E-state index in [2.05, 4.69) is 0 Å². The van der Waals surface area contributed by atoms with Crippen LogP contribution in [-0.4, -0.2) is 4.40 Å². The van der Waals surface area contributed by atoms with Gasteiger partial charge in [0, 0.05) is 10.8 Å². The zero-order valence-electron chi connectivity index (χ0n) is 9.21. The van der Waals surface area contributed by atoms with Crippen molar-refractivity contribution in [3.63, 3.8) is 0 Å². The molecular weight excluding hydrogens is 230 g/mol. The summed E-state index contributed by atoms with van der Waals surface area (Å²) < 4.78 is 6.20. The number of para-hydroxylation sites is 1. The van der Waals surface area contributed by atoms with Gasteiger partial charge in [-0.05, 0) is 17.5 Å². The Hall–Kier alpha value is -2.62. The highest BCUT2D eigenvalue weighted by atomic mass is 16.4. The van der Waals surface area contributed by atoms with E-state index in [0.717, 1.165) is 15.2 Å². The molecule has 4 nitrogen and oxygen atoms in total. The predicted octanol–water partition coefficient (Wildman–Crippen LogP) is 2.00. The number of fused-ring (bicyclic) bond motifs is 2. The van der Waals surface area contributed by atoms with E-state index in [4.69, 9.17) is 4.42 Å². The molecule has 2 aromatic carbocycles. The van der Waals surface area contributed by atoms with Crippen molar-refractivity contribution in [2.45, 2.75) is 0 Å². The number of rotatable bonds is 0. The first-order chi connectivity index (χ1) is 8.77. The Morgan fingerprint density at radius 2 is 1.56 bits per heavy atom. The molecular formula is C14H7NO3. The minimum absolute atomic E-state index is 0.326. The monoisotopic (exact) mass is 237 g/mol. The zero-order chi connectivity index (χ0) is 12.3. The molecule has 2 aromatic heterocycles. The Labute approximate surface area is 100 Å². The van der Waals surface area contributed by atoms with Gasteiger partial charge in [-0.1, -0.05) is 30.3 Å². The van der Waals surface area contributed by atoms with Gasteiger partial charge in [0.15, 0.2) is 5.58 Å². The molecule has 0 saturated heterocycles. The van der Waals surface area contributed by atoms with Crippen LogP contribution in [0, 0.1) is 0 Å². The number of aromatic nitrogens is 1. The first kappa shape index (κ1) is 9.41. The molecule has 0 radical (unpaired) electrons. The van der Waals surface area contributed by atoms with Crippen LogP contribution in [0.15, 0.2) is 56.5 Å². The van der Waals surface area contributed by atoms with Crippen LogP contribution < -0.4 is 11.3 Å². The van der Waals surface area contributed by atoms with Gasteiger partial charge in [0.2, 0.25) is 0 Å². The summed E-state index contributed by atoms with van der Waals surface area (Å²) in [6.07, 6.45) is 0. The van der Waals surface area contributed by atoms with E-state index in [9.17, 15) is 9.59 Å². The van der Waals surface area contributed by atoms with Crippen LogP contribution in [0.2, 0.25) is 0 Å². The summed E-state index contributed by atoms with van der Waals surface area (Å²) in [5.41, 5.74) is 0.680. The Morgan fingerprint density at radius 3 is 2.39 bits per heavy atom. The molecule has 4 heteroatoms. The van der Waals surface area contributed by atoms with Crippen LogP contribution in [0.3, 0.4) is 0 Å². The van der Waals surface area contributed by atoms with Gasteiger partial charge in [-0.15, -0.1) is 0 Å². The van der Waals surface area contributed by atoms with Crippen molar-refractivity contribution in [2.75, 3.05) is 0 Å². The van der Waals surface area contributed by atoms with E-state index in [-0.39, 0.29) is 5.56 Å². The highest BCUT2D eigenvalue weighted by molar-refractivity contribution is 6.09. The van der Waals surface area contributed by atoms with Crippen LogP contribution in [0.5, 0.6) is 0 Å². The SMILES string of the molecule is O=c1oc2cccc3c4ccccc4c(=O)n1c23. The number of oxazole rings is 1. The fraction of sp³-hybridized carbons (Fsp3) is 0. The minimum atomic E-state index is -0.628. The molecule has 0 N–H and O–H groups in total. The van der Waals surface area contributed by atoms with Crippen molar-refractivity contribution >= 4 is 27.3 Å². The van der Waals surface area contributed by atoms with Crippen LogP contribution >= 0.6 is 0 Å². The molecule has 0 saturated carbocycles. The second-order valence-corrected chi connectivity index (χ2v) is 4.21. The molecule has 0 aliphatic heterocycles. The van der Waals surface area contributed by atoms with E-state index >= 15 is 0 Å². The molecule has 0 aliphatic rings. The summed E-state index contributed by atoms with van der Waals surface area (Å²) in [5.74, 6) is -0.628. The van der Waals surface area contributed by atoms with Gasteiger partial charge in [0.25, 0.3) is 5.56 Å². The summed E-state index contributed by atoms with van der Waals surface area (Å²) in [6.45, 7) is 0. The van der Waals surface area contributed by atoms with Gasteiger partial charge in [0.1, 0.15) is 5.52 Å². The largest absolute Gasteiger partial charge is 0.427 e. The Morgan fingerprint density at radius 1 is 0.833 bits per heavy atom. The Kier molecular flexibility index (Phi) is 1.56. The maximum Gasteiger partial charge on any atom is 0.427 e. The molecule has 86 valence electrons. The molecule has 0 bridgehead atoms. The molecule has 4 rings (SSSR count). The lowest BCUT2D eigenvalue weighted by Gasteiger charge is -2.02. The van der Waals surface area contributed by atoms with Crippen molar-refractivity contribution in [2.24, 2.45) is 0 Å². The standard InChI is InChI=1S/C14H7NO3/c16-13-10-5-2-1-4-8(10)9-6-3-7-11-12(9)15(13)14(17)18-11/h1-7H. The fourth-order valence-corrected chi connectivity index (χ4v) is 2.49. The average molecular weight is 237 g/mol.